The van der Waals surface area contributed by atoms with Crippen LogP contribution in [0.4, 0.5) is 0 Å². The standard InChI is InChI=1S/C24H43NO2Si4/c1-28(2,3)31(29(4,5)6,30(7,8)9)27-20-23(25)24(26,21-16-12-10-13-17-21)22-18-14-11-15-19-22/h10-19,23,26H,20,25H2,1-9H3. The first-order chi connectivity index (χ1) is 14.1. The fourth-order valence-electron chi connectivity index (χ4n) is 6.34. The van der Waals surface area contributed by atoms with Crippen LogP contribution in [0.15, 0.2) is 60.7 Å². The lowest BCUT2D eigenvalue weighted by molar-refractivity contribution is 0.0335. The van der Waals surface area contributed by atoms with E-state index in [1.165, 1.54) is 0 Å². The molecule has 2 aromatic carbocycles. The molecule has 0 heterocycles. The molecule has 0 aliphatic carbocycles. The van der Waals surface area contributed by atoms with E-state index in [0.29, 0.717) is 6.61 Å². The van der Waals surface area contributed by atoms with Gasteiger partial charge in [-0.05, 0) is 11.1 Å². The van der Waals surface area contributed by atoms with Crippen LogP contribution in [0.3, 0.4) is 0 Å². The highest BCUT2D eigenvalue weighted by molar-refractivity contribution is 7.87. The zero-order valence-corrected chi connectivity index (χ0v) is 25.0. The summed E-state index contributed by atoms with van der Waals surface area (Å²) < 4.78 is 7.21. The second kappa shape index (κ2) is 9.21. The molecule has 3 nitrogen and oxygen atoms in total. The Morgan fingerprint density at radius 2 is 1.03 bits per heavy atom. The average Bonchev–Trinajstić information content (AvgIpc) is 2.65. The minimum absolute atomic E-state index is 0.394. The van der Waals surface area contributed by atoms with E-state index in [2.05, 4.69) is 58.9 Å². The number of benzene rings is 2. The second-order valence-electron chi connectivity index (χ2n) is 11.8. The zero-order valence-electron chi connectivity index (χ0n) is 21.0. The summed E-state index contributed by atoms with van der Waals surface area (Å²) in [5, 5.41) is 12.1. The lowest BCUT2D eigenvalue weighted by Gasteiger charge is -2.56. The van der Waals surface area contributed by atoms with Crippen LogP contribution in [-0.2, 0) is 10.0 Å². The Bertz CT molecular complexity index is 764. The van der Waals surface area contributed by atoms with Gasteiger partial charge in [0.25, 0.3) is 0 Å². The summed E-state index contributed by atoms with van der Waals surface area (Å²) in [4.78, 5) is 0. The molecular weight excluding hydrogens is 447 g/mol. The number of aliphatic hydroxyl groups is 1. The molecule has 0 amide bonds. The van der Waals surface area contributed by atoms with Gasteiger partial charge in [-0.15, -0.1) is 0 Å². The van der Waals surface area contributed by atoms with Crippen molar-refractivity contribution in [1.82, 2.24) is 0 Å². The molecule has 2 aromatic rings. The number of nitrogens with two attached hydrogens (primary N) is 1. The normalized spacial score (nSPS) is 15.1. The van der Waals surface area contributed by atoms with Gasteiger partial charge >= 0.3 is 0 Å². The van der Waals surface area contributed by atoms with E-state index in [9.17, 15) is 5.11 Å². The number of hydrogen-bond donors (Lipinski definition) is 2. The van der Waals surface area contributed by atoms with Crippen molar-refractivity contribution in [2.45, 2.75) is 70.6 Å². The van der Waals surface area contributed by atoms with E-state index < -0.39 is 41.3 Å². The second-order valence-corrected chi connectivity index (χ2v) is 51.3. The summed E-state index contributed by atoms with van der Waals surface area (Å²) in [6.45, 7) is 20.9. The Kier molecular flexibility index (Phi) is 7.85. The molecule has 1 unspecified atom stereocenters. The minimum atomic E-state index is -2.02. The fourth-order valence-corrected chi connectivity index (χ4v) is 100. The monoisotopic (exact) mass is 489 g/mol. The Morgan fingerprint density at radius 3 is 1.32 bits per heavy atom. The van der Waals surface area contributed by atoms with Crippen LogP contribution >= 0.6 is 0 Å². The van der Waals surface area contributed by atoms with Crippen LogP contribution in [0.2, 0.25) is 58.9 Å². The fraction of sp³-hybridized carbons (Fsp3) is 0.500. The third-order valence-corrected chi connectivity index (χ3v) is 74.4. The molecule has 1 atom stereocenters. The first kappa shape index (κ1) is 26.4. The smallest absolute Gasteiger partial charge is 0.158 e. The van der Waals surface area contributed by atoms with Gasteiger partial charge in [0, 0.05) is 0 Å². The maximum absolute atomic E-state index is 12.1. The van der Waals surface area contributed by atoms with Crippen molar-refractivity contribution in [1.29, 1.82) is 0 Å². The van der Waals surface area contributed by atoms with E-state index in [1.807, 2.05) is 60.7 Å². The molecule has 2 rings (SSSR count). The minimum Gasteiger partial charge on any atom is -0.424 e. The first-order valence-electron chi connectivity index (χ1n) is 11.3. The summed E-state index contributed by atoms with van der Waals surface area (Å²) in [5.74, 6) is 0. The van der Waals surface area contributed by atoms with Crippen LogP contribution in [0.25, 0.3) is 0 Å². The van der Waals surface area contributed by atoms with Crippen molar-refractivity contribution in [3.63, 3.8) is 0 Å². The molecule has 0 fully saturated rings. The van der Waals surface area contributed by atoms with Gasteiger partial charge in [0.05, 0.1) is 35.4 Å². The zero-order chi connectivity index (χ0) is 23.7. The van der Waals surface area contributed by atoms with Gasteiger partial charge in [-0.2, -0.15) is 0 Å². The Labute approximate surface area is 193 Å². The highest BCUT2D eigenvalue weighted by Crippen LogP contribution is 2.39. The lowest BCUT2D eigenvalue weighted by Crippen LogP contribution is -2.84. The van der Waals surface area contributed by atoms with E-state index in [0.717, 1.165) is 11.1 Å². The lowest BCUT2D eigenvalue weighted by atomic mass is 9.81. The highest BCUT2D eigenvalue weighted by Gasteiger charge is 2.64. The summed E-state index contributed by atoms with van der Waals surface area (Å²) in [6.07, 6.45) is 0. The van der Waals surface area contributed by atoms with E-state index in [1.54, 1.807) is 0 Å². The molecule has 0 aromatic heterocycles. The highest BCUT2D eigenvalue weighted by atomic mass is 29.9. The van der Waals surface area contributed by atoms with Crippen molar-refractivity contribution < 1.29 is 9.53 Å². The molecule has 0 radical (unpaired) electrons. The van der Waals surface area contributed by atoms with Crippen LogP contribution in [-0.4, -0.2) is 47.4 Å². The molecule has 0 bridgehead atoms. The van der Waals surface area contributed by atoms with Crippen molar-refractivity contribution >= 4 is 29.6 Å². The van der Waals surface area contributed by atoms with Crippen LogP contribution < -0.4 is 5.73 Å². The summed E-state index contributed by atoms with van der Waals surface area (Å²) >= 11 is 0. The van der Waals surface area contributed by atoms with Crippen LogP contribution in [0, 0.1) is 0 Å². The van der Waals surface area contributed by atoms with Crippen LogP contribution in [0.5, 0.6) is 0 Å². The van der Waals surface area contributed by atoms with Crippen LogP contribution in [0.1, 0.15) is 11.1 Å². The molecule has 0 saturated heterocycles. The molecule has 0 aliphatic heterocycles. The van der Waals surface area contributed by atoms with E-state index >= 15 is 0 Å². The molecule has 0 saturated carbocycles. The van der Waals surface area contributed by atoms with Crippen molar-refractivity contribution in [3.05, 3.63) is 71.8 Å². The van der Waals surface area contributed by atoms with Gasteiger partial charge in [0.1, 0.15) is 5.60 Å². The Balaban J connectivity index is 2.54. The third-order valence-electron chi connectivity index (χ3n) is 6.61. The van der Waals surface area contributed by atoms with Gasteiger partial charge in [0.2, 0.25) is 0 Å². The Hall–Kier alpha value is -0.812. The van der Waals surface area contributed by atoms with Crippen molar-refractivity contribution in [2.75, 3.05) is 6.61 Å². The average molecular weight is 490 g/mol. The summed E-state index contributed by atoms with van der Waals surface area (Å²) in [6, 6.07) is 19.1. The molecule has 0 spiro atoms. The van der Waals surface area contributed by atoms with Gasteiger partial charge < -0.3 is 15.3 Å². The third kappa shape index (κ3) is 4.92. The van der Waals surface area contributed by atoms with Gasteiger partial charge in [-0.25, -0.2) is 0 Å². The van der Waals surface area contributed by atoms with E-state index in [-0.39, 0.29) is 0 Å². The molecule has 31 heavy (non-hydrogen) atoms. The molecular formula is C24H43NO2Si4. The SMILES string of the molecule is C[Si](C)(C)[Si](OCC(N)C(O)(c1ccccc1)c1ccccc1)([Si](C)(C)C)[Si](C)(C)C. The van der Waals surface area contributed by atoms with Crippen molar-refractivity contribution in [2.24, 2.45) is 5.73 Å². The summed E-state index contributed by atoms with van der Waals surface area (Å²) in [5.41, 5.74) is 7.19. The largest absolute Gasteiger partial charge is 0.424 e. The number of rotatable bonds is 9. The molecule has 172 valence electrons. The summed E-state index contributed by atoms with van der Waals surface area (Å²) in [7, 11) is -4.77. The predicted molar refractivity (Wildman–Crippen MR) is 146 cm³/mol. The Morgan fingerprint density at radius 1 is 0.710 bits per heavy atom. The first-order valence-corrected chi connectivity index (χ1v) is 26.7. The van der Waals surface area contributed by atoms with Crippen molar-refractivity contribution in [3.8, 4) is 0 Å². The topological polar surface area (TPSA) is 55.5 Å². The van der Waals surface area contributed by atoms with E-state index in [4.69, 9.17) is 10.2 Å². The molecule has 7 heteroatoms. The predicted octanol–water partition coefficient (Wildman–Crippen LogP) is 5.46. The van der Waals surface area contributed by atoms with Gasteiger partial charge in [-0.3, -0.25) is 0 Å². The quantitative estimate of drug-likeness (QED) is 0.460. The number of hydrogen-bond acceptors (Lipinski definition) is 3. The molecule has 0 aliphatic rings. The van der Waals surface area contributed by atoms with Gasteiger partial charge in [-0.1, -0.05) is 120 Å². The van der Waals surface area contributed by atoms with Gasteiger partial charge in [0.15, 0.2) is 6.87 Å². The maximum atomic E-state index is 12.1. The molecule has 3 N–H and O–H groups in total. The maximum Gasteiger partial charge on any atom is 0.158 e.